The molecule has 0 aliphatic carbocycles. The minimum absolute atomic E-state index is 0.0443. The van der Waals surface area contributed by atoms with Crippen molar-refractivity contribution in [2.75, 3.05) is 7.11 Å². The van der Waals surface area contributed by atoms with E-state index in [0.717, 1.165) is 17.5 Å². The van der Waals surface area contributed by atoms with E-state index in [-0.39, 0.29) is 30.0 Å². The molecule has 0 atom stereocenters. The van der Waals surface area contributed by atoms with Gasteiger partial charge in [0.2, 0.25) is 0 Å². The Morgan fingerprint density at radius 3 is 2.06 bits per heavy atom. The summed E-state index contributed by atoms with van der Waals surface area (Å²) in [5, 5.41) is 14.1. The first-order valence-corrected chi connectivity index (χ1v) is 9.55. The van der Waals surface area contributed by atoms with Gasteiger partial charge in [-0.15, -0.1) is 0 Å². The number of amides is 3. The van der Waals surface area contributed by atoms with E-state index in [4.69, 9.17) is 9.94 Å². The van der Waals surface area contributed by atoms with E-state index in [2.05, 4.69) is 20.6 Å². The summed E-state index contributed by atoms with van der Waals surface area (Å²) >= 11 is 0. The lowest BCUT2D eigenvalue weighted by atomic mass is 10.1. The third-order valence-corrected chi connectivity index (χ3v) is 4.49. The average molecular weight is 435 g/mol. The van der Waals surface area contributed by atoms with E-state index < -0.39 is 17.7 Å². The molecule has 1 aromatic heterocycles. The molecule has 32 heavy (non-hydrogen) atoms. The molecule has 0 saturated carbocycles. The number of methoxy groups -OCH3 is 1. The molecule has 0 radical (unpaired) electrons. The van der Waals surface area contributed by atoms with Crippen molar-refractivity contribution in [2.45, 2.75) is 13.1 Å². The van der Waals surface area contributed by atoms with Gasteiger partial charge in [0.1, 0.15) is 23.5 Å². The maximum absolute atomic E-state index is 12.4. The zero-order chi connectivity index (χ0) is 22.9. The zero-order valence-corrected chi connectivity index (χ0v) is 17.2. The Morgan fingerprint density at radius 2 is 1.47 bits per heavy atom. The number of hydroxylamine groups is 1. The number of carbonyl (C=O) groups is 3. The minimum Gasteiger partial charge on any atom is -0.497 e. The number of aromatic nitrogens is 2. The standard InChI is InChI=1S/C22H21N5O5/c1-32-17-4-2-3-15(9-17)12-24-22(30)19-10-18(25-13-26-19)21(29)23-11-14-5-7-16(8-6-14)20(28)27-31/h2-10,13,31H,11-12H2,1H3,(H,23,29)(H,24,30)(H,27,28). The number of benzene rings is 2. The second-order valence-corrected chi connectivity index (χ2v) is 6.64. The van der Waals surface area contributed by atoms with Crippen molar-refractivity contribution in [2.24, 2.45) is 0 Å². The van der Waals surface area contributed by atoms with Crippen LogP contribution in [0, 0.1) is 0 Å². The van der Waals surface area contributed by atoms with Crippen LogP contribution in [0.5, 0.6) is 5.75 Å². The lowest BCUT2D eigenvalue weighted by molar-refractivity contribution is 0.0706. The largest absolute Gasteiger partial charge is 0.497 e. The van der Waals surface area contributed by atoms with Crippen molar-refractivity contribution < 1.29 is 24.3 Å². The topological polar surface area (TPSA) is 143 Å². The van der Waals surface area contributed by atoms with Crippen molar-refractivity contribution in [3.8, 4) is 5.75 Å². The van der Waals surface area contributed by atoms with Crippen molar-refractivity contribution in [3.63, 3.8) is 0 Å². The normalized spacial score (nSPS) is 10.2. The van der Waals surface area contributed by atoms with Crippen LogP contribution in [0.4, 0.5) is 0 Å². The molecule has 0 spiro atoms. The van der Waals surface area contributed by atoms with Crippen LogP contribution in [0.1, 0.15) is 42.5 Å². The zero-order valence-electron chi connectivity index (χ0n) is 17.2. The number of hydrogen-bond acceptors (Lipinski definition) is 7. The van der Waals surface area contributed by atoms with E-state index in [9.17, 15) is 14.4 Å². The van der Waals surface area contributed by atoms with E-state index in [0.29, 0.717) is 5.75 Å². The highest BCUT2D eigenvalue weighted by Crippen LogP contribution is 2.12. The molecule has 3 rings (SSSR count). The monoisotopic (exact) mass is 435 g/mol. The number of rotatable bonds is 8. The minimum atomic E-state index is -0.626. The molecule has 3 aromatic rings. The highest BCUT2D eigenvalue weighted by Gasteiger charge is 2.13. The second kappa shape index (κ2) is 10.6. The third-order valence-electron chi connectivity index (χ3n) is 4.49. The first-order valence-electron chi connectivity index (χ1n) is 9.55. The van der Waals surface area contributed by atoms with Crippen LogP contribution in [0.25, 0.3) is 0 Å². The maximum atomic E-state index is 12.4. The molecule has 10 nitrogen and oxygen atoms in total. The summed E-state index contributed by atoms with van der Waals surface area (Å²) in [6.45, 7) is 0.451. The number of nitrogens with one attached hydrogen (secondary N) is 3. The Morgan fingerprint density at radius 1 is 0.844 bits per heavy atom. The highest BCUT2D eigenvalue weighted by molar-refractivity contribution is 5.97. The van der Waals surface area contributed by atoms with Crippen LogP contribution in [-0.2, 0) is 13.1 Å². The predicted octanol–water partition coefficient (Wildman–Crippen LogP) is 1.46. The van der Waals surface area contributed by atoms with Crippen LogP contribution in [0.3, 0.4) is 0 Å². The van der Waals surface area contributed by atoms with Gasteiger partial charge in [-0.25, -0.2) is 15.4 Å². The predicted molar refractivity (Wildman–Crippen MR) is 113 cm³/mol. The molecule has 2 aromatic carbocycles. The van der Waals surface area contributed by atoms with Crippen molar-refractivity contribution in [3.05, 3.63) is 89.0 Å². The quantitative estimate of drug-likeness (QED) is 0.310. The summed E-state index contributed by atoms with van der Waals surface area (Å²) in [5.41, 5.74) is 3.52. The molecule has 0 aliphatic heterocycles. The molecule has 0 aliphatic rings. The third kappa shape index (κ3) is 5.86. The molecular weight excluding hydrogens is 414 g/mol. The summed E-state index contributed by atoms with van der Waals surface area (Å²) in [5.74, 6) is -0.865. The fourth-order valence-corrected chi connectivity index (χ4v) is 2.77. The number of ether oxygens (including phenoxy) is 1. The first kappa shape index (κ1) is 22.4. The molecule has 0 saturated heterocycles. The molecular formula is C22H21N5O5. The molecule has 4 N–H and O–H groups in total. The molecule has 1 heterocycles. The maximum Gasteiger partial charge on any atom is 0.274 e. The first-order chi connectivity index (χ1) is 15.5. The molecule has 3 amide bonds. The Labute approximate surface area is 183 Å². The van der Waals surface area contributed by atoms with Crippen LogP contribution in [-0.4, -0.2) is 40.0 Å². The van der Waals surface area contributed by atoms with Crippen molar-refractivity contribution in [1.82, 2.24) is 26.1 Å². The summed E-state index contributed by atoms with van der Waals surface area (Å²) in [6.07, 6.45) is 1.15. The van der Waals surface area contributed by atoms with Gasteiger partial charge in [-0.2, -0.15) is 0 Å². The van der Waals surface area contributed by atoms with E-state index in [1.807, 2.05) is 18.2 Å². The highest BCUT2D eigenvalue weighted by atomic mass is 16.5. The van der Waals surface area contributed by atoms with E-state index in [1.165, 1.54) is 18.2 Å². The van der Waals surface area contributed by atoms with Crippen LogP contribution < -0.4 is 20.9 Å². The van der Waals surface area contributed by atoms with Gasteiger partial charge in [-0.3, -0.25) is 19.6 Å². The van der Waals surface area contributed by atoms with Gasteiger partial charge < -0.3 is 15.4 Å². The lowest BCUT2D eigenvalue weighted by Crippen LogP contribution is -2.27. The van der Waals surface area contributed by atoms with Crippen LogP contribution >= 0.6 is 0 Å². The fourth-order valence-electron chi connectivity index (χ4n) is 2.77. The van der Waals surface area contributed by atoms with Crippen LogP contribution in [0.2, 0.25) is 0 Å². The Kier molecular flexibility index (Phi) is 7.44. The average Bonchev–Trinajstić information content (AvgIpc) is 2.85. The SMILES string of the molecule is COc1cccc(CNC(=O)c2cc(C(=O)NCc3ccc(C(=O)NO)cc3)ncn2)c1. The fraction of sp³-hybridized carbons (Fsp3) is 0.136. The summed E-state index contributed by atoms with van der Waals surface area (Å²) in [4.78, 5) is 44.0. The molecule has 0 bridgehead atoms. The van der Waals surface area contributed by atoms with Gasteiger partial charge in [0.15, 0.2) is 0 Å². The second-order valence-electron chi connectivity index (χ2n) is 6.64. The van der Waals surface area contributed by atoms with Gasteiger partial charge in [0.05, 0.1) is 7.11 Å². The van der Waals surface area contributed by atoms with Crippen molar-refractivity contribution in [1.29, 1.82) is 0 Å². The molecule has 10 heteroatoms. The lowest BCUT2D eigenvalue weighted by Gasteiger charge is -2.08. The molecule has 164 valence electrons. The van der Waals surface area contributed by atoms with Gasteiger partial charge in [0.25, 0.3) is 17.7 Å². The number of carbonyl (C=O) groups excluding carboxylic acids is 3. The Bertz CT molecular complexity index is 1120. The van der Waals surface area contributed by atoms with E-state index in [1.54, 1.807) is 30.8 Å². The smallest absolute Gasteiger partial charge is 0.274 e. The van der Waals surface area contributed by atoms with Gasteiger partial charge >= 0.3 is 0 Å². The van der Waals surface area contributed by atoms with E-state index >= 15 is 0 Å². The summed E-state index contributed by atoms with van der Waals surface area (Å²) in [6, 6.07) is 14.9. The van der Waals surface area contributed by atoms with Gasteiger partial charge in [0, 0.05) is 24.7 Å². The summed E-state index contributed by atoms with van der Waals surface area (Å²) < 4.78 is 5.16. The van der Waals surface area contributed by atoms with Crippen LogP contribution in [0.15, 0.2) is 60.9 Å². The summed E-state index contributed by atoms with van der Waals surface area (Å²) in [7, 11) is 1.57. The van der Waals surface area contributed by atoms with Gasteiger partial charge in [-0.1, -0.05) is 24.3 Å². The Hall–Kier alpha value is -4.31. The molecule has 0 fully saturated rings. The number of nitrogens with zero attached hydrogens (tertiary/aromatic N) is 2. The van der Waals surface area contributed by atoms with Gasteiger partial charge in [-0.05, 0) is 35.4 Å². The number of hydrogen-bond donors (Lipinski definition) is 4. The molecule has 0 unspecified atom stereocenters. The van der Waals surface area contributed by atoms with Crippen molar-refractivity contribution >= 4 is 17.7 Å². The Balaban J connectivity index is 1.57.